The van der Waals surface area contributed by atoms with Crippen molar-refractivity contribution in [1.29, 1.82) is 0 Å². The summed E-state index contributed by atoms with van der Waals surface area (Å²) in [6.07, 6.45) is 0. The van der Waals surface area contributed by atoms with Crippen molar-refractivity contribution in [3.05, 3.63) is 89.7 Å². The van der Waals surface area contributed by atoms with E-state index in [-0.39, 0.29) is 11.0 Å². The lowest BCUT2D eigenvalue weighted by Crippen LogP contribution is -2.20. The first-order valence-corrected chi connectivity index (χ1v) is 9.98. The summed E-state index contributed by atoms with van der Waals surface area (Å²) in [4.78, 5) is 12.2. The van der Waals surface area contributed by atoms with E-state index >= 15 is 0 Å². The number of thiocarbonyl (C=S) groups is 1. The molecule has 154 valence electrons. The Morgan fingerprint density at radius 2 is 1.40 bits per heavy atom. The predicted octanol–water partition coefficient (Wildman–Crippen LogP) is 6.18. The Morgan fingerprint density at radius 1 is 0.800 bits per heavy atom. The van der Waals surface area contributed by atoms with E-state index in [4.69, 9.17) is 12.2 Å². The smallest absolute Gasteiger partial charge is 0.258 e. The largest absolute Gasteiger partial charge is 0.332 e. The van der Waals surface area contributed by atoms with Gasteiger partial charge in [-0.3, -0.25) is 4.79 Å². The average Bonchev–Trinajstić information content (AvgIpc) is 2.69. The van der Waals surface area contributed by atoms with Crippen LogP contribution in [0, 0.1) is 5.82 Å². The fraction of sp³-hybridized carbons (Fsp3) is 0.167. The van der Waals surface area contributed by atoms with Crippen LogP contribution >= 0.6 is 12.2 Å². The Bertz CT molecular complexity index is 1060. The molecule has 3 rings (SSSR count). The lowest BCUT2D eigenvalue weighted by Gasteiger charge is -2.20. The zero-order chi connectivity index (χ0) is 21.7. The van der Waals surface area contributed by atoms with Crippen molar-refractivity contribution in [2.75, 3.05) is 16.0 Å². The molecule has 0 saturated heterocycles. The highest BCUT2D eigenvalue weighted by Crippen LogP contribution is 2.24. The molecule has 0 unspecified atom stereocenters. The molecule has 0 heterocycles. The van der Waals surface area contributed by atoms with Crippen molar-refractivity contribution in [3.8, 4) is 0 Å². The van der Waals surface area contributed by atoms with Gasteiger partial charge in [-0.05, 0) is 71.7 Å². The zero-order valence-corrected chi connectivity index (χ0v) is 17.9. The molecule has 1 amide bonds. The summed E-state index contributed by atoms with van der Waals surface area (Å²) in [5.41, 5.74) is 3.51. The Morgan fingerprint density at radius 3 is 2.03 bits per heavy atom. The molecule has 6 heteroatoms. The van der Waals surface area contributed by atoms with E-state index in [2.05, 4.69) is 48.9 Å². The molecule has 0 fully saturated rings. The van der Waals surface area contributed by atoms with Gasteiger partial charge in [0.05, 0.1) is 5.56 Å². The molecule has 3 N–H and O–H groups in total. The quantitative estimate of drug-likeness (QED) is 0.440. The lowest BCUT2D eigenvalue weighted by atomic mass is 9.87. The second-order valence-corrected chi connectivity index (χ2v) is 8.33. The number of hydrogen-bond donors (Lipinski definition) is 3. The van der Waals surface area contributed by atoms with Gasteiger partial charge in [0.2, 0.25) is 0 Å². The first-order chi connectivity index (χ1) is 14.2. The average molecular weight is 422 g/mol. The van der Waals surface area contributed by atoms with Gasteiger partial charge in [0, 0.05) is 17.1 Å². The van der Waals surface area contributed by atoms with E-state index in [9.17, 15) is 9.18 Å². The van der Waals surface area contributed by atoms with Crippen molar-refractivity contribution in [1.82, 2.24) is 0 Å². The van der Waals surface area contributed by atoms with Gasteiger partial charge >= 0.3 is 0 Å². The topological polar surface area (TPSA) is 53.2 Å². The Hall–Kier alpha value is -3.25. The molecule has 0 radical (unpaired) electrons. The van der Waals surface area contributed by atoms with Crippen LogP contribution < -0.4 is 16.0 Å². The van der Waals surface area contributed by atoms with E-state index in [1.165, 1.54) is 17.7 Å². The van der Waals surface area contributed by atoms with Gasteiger partial charge in [-0.25, -0.2) is 4.39 Å². The molecule has 3 aromatic rings. The maximum Gasteiger partial charge on any atom is 0.258 e. The minimum absolute atomic E-state index is 0.00238. The number of amides is 1. The van der Waals surface area contributed by atoms with Crippen LogP contribution in [0.25, 0.3) is 0 Å². The van der Waals surface area contributed by atoms with Gasteiger partial charge < -0.3 is 16.0 Å². The van der Waals surface area contributed by atoms with Crippen LogP contribution in [0.1, 0.15) is 36.7 Å². The third-order valence-electron chi connectivity index (χ3n) is 4.51. The van der Waals surface area contributed by atoms with Crippen molar-refractivity contribution < 1.29 is 9.18 Å². The van der Waals surface area contributed by atoms with Crippen molar-refractivity contribution in [3.63, 3.8) is 0 Å². The first kappa shape index (κ1) is 21.5. The molecule has 0 aliphatic rings. The molecule has 0 bridgehead atoms. The number of halogens is 1. The lowest BCUT2D eigenvalue weighted by molar-refractivity contribution is 0.102. The summed E-state index contributed by atoms with van der Waals surface area (Å²) in [5, 5.41) is 9.45. The van der Waals surface area contributed by atoms with Gasteiger partial charge in [0.25, 0.3) is 5.91 Å². The van der Waals surface area contributed by atoms with Crippen LogP contribution in [0.4, 0.5) is 21.5 Å². The molecule has 0 atom stereocenters. The van der Waals surface area contributed by atoms with Gasteiger partial charge in [-0.2, -0.15) is 0 Å². The van der Waals surface area contributed by atoms with E-state index in [0.717, 1.165) is 11.4 Å². The minimum atomic E-state index is -0.555. The molecule has 0 aromatic heterocycles. The third kappa shape index (κ3) is 5.64. The normalized spacial score (nSPS) is 10.9. The number of carbonyl (C=O) groups excluding carboxylic acids is 1. The summed E-state index contributed by atoms with van der Waals surface area (Å²) in [5.74, 6) is -1.05. The standard InChI is InChI=1S/C24H24FN3OS/c1-24(2,3)16-7-6-8-19(15-16)28-23(30)27-18-13-11-17(12-14-18)26-22(29)20-9-4-5-10-21(20)25/h4-15H,1-3H3,(H,26,29)(H2,27,28,30). The molecule has 0 spiro atoms. The minimum Gasteiger partial charge on any atom is -0.332 e. The number of hydrogen-bond acceptors (Lipinski definition) is 2. The second-order valence-electron chi connectivity index (χ2n) is 7.92. The number of benzene rings is 3. The highest BCUT2D eigenvalue weighted by Gasteiger charge is 2.14. The van der Waals surface area contributed by atoms with E-state index in [1.54, 1.807) is 36.4 Å². The molecule has 0 aliphatic carbocycles. The Balaban J connectivity index is 1.60. The SMILES string of the molecule is CC(C)(C)c1cccc(NC(=S)Nc2ccc(NC(=O)c3ccccc3F)cc2)c1. The molecular weight excluding hydrogens is 397 g/mol. The molecule has 30 heavy (non-hydrogen) atoms. The van der Waals surface area contributed by atoms with Crippen LogP contribution in [0.5, 0.6) is 0 Å². The Labute approximate surface area is 181 Å². The maximum absolute atomic E-state index is 13.7. The summed E-state index contributed by atoms with van der Waals surface area (Å²) < 4.78 is 13.7. The van der Waals surface area contributed by atoms with Crippen LogP contribution in [0.3, 0.4) is 0 Å². The molecular formula is C24H24FN3OS. The molecule has 0 saturated carbocycles. The van der Waals surface area contributed by atoms with Gasteiger partial charge in [-0.15, -0.1) is 0 Å². The number of anilines is 3. The van der Waals surface area contributed by atoms with Gasteiger partial charge in [-0.1, -0.05) is 45.0 Å². The monoisotopic (exact) mass is 421 g/mol. The van der Waals surface area contributed by atoms with Crippen molar-refractivity contribution in [2.24, 2.45) is 0 Å². The number of carbonyl (C=O) groups is 1. The van der Waals surface area contributed by atoms with Crippen LogP contribution in [-0.4, -0.2) is 11.0 Å². The highest BCUT2D eigenvalue weighted by molar-refractivity contribution is 7.80. The summed E-state index contributed by atoms with van der Waals surface area (Å²) in [6, 6.07) is 21.0. The van der Waals surface area contributed by atoms with Crippen molar-refractivity contribution in [2.45, 2.75) is 26.2 Å². The van der Waals surface area contributed by atoms with Crippen molar-refractivity contribution >= 4 is 40.3 Å². The fourth-order valence-corrected chi connectivity index (χ4v) is 3.07. The first-order valence-electron chi connectivity index (χ1n) is 9.57. The maximum atomic E-state index is 13.7. The van der Waals surface area contributed by atoms with E-state index in [0.29, 0.717) is 10.8 Å². The van der Waals surface area contributed by atoms with Crippen LogP contribution in [0.2, 0.25) is 0 Å². The molecule has 0 aliphatic heterocycles. The van der Waals surface area contributed by atoms with Gasteiger partial charge in [0.15, 0.2) is 5.11 Å². The second kappa shape index (κ2) is 9.05. The molecule has 3 aromatic carbocycles. The predicted molar refractivity (Wildman–Crippen MR) is 126 cm³/mol. The fourth-order valence-electron chi connectivity index (χ4n) is 2.84. The molecule has 4 nitrogen and oxygen atoms in total. The third-order valence-corrected chi connectivity index (χ3v) is 4.71. The van der Waals surface area contributed by atoms with Crippen LogP contribution in [-0.2, 0) is 5.41 Å². The van der Waals surface area contributed by atoms with Crippen LogP contribution in [0.15, 0.2) is 72.8 Å². The van der Waals surface area contributed by atoms with E-state index < -0.39 is 11.7 Å². The van der Waals surface area contributed by atoms with Gasteiger partial charge in [0.1, 0.15) is 5.82 Å². The highest BCUT2D eigenvalue weighted by atomic mass is 32.1. The Kier molecular flexibility index (Phi) is 6.47. The number of nitrogens with one attached hydrogen (secondary N) is 3. The number of rotatable bonds is 4. The summed E-state index contributed by atoms with van der Waals surface area (Å²) in [6.45, 7) is 6.49. The summed E-state index contributed by atoms with van der Waals surface area (Å²) in [7, 11) is 0. The van der Waals surface area contributed by atoms with E-state index in [1.807, 2.05) is 12.1 Å². The summed E-state index contributed by atoms with van der Waals surface area (Å²) >= 11 is 5.40. The zero-order valence-electron chi connectivity index (χ0n) is 17.1.